The fourth-order valence-electron chi connectivity index (χ4n) is 2.50. The minimum Gasteiger partial charge on any atom is -0.493 e. The van der Waals surface area contributed by atoms with Gasteiger partial charge in [-0.15, -0.1) is 0 Å². The van der Waals surface area contributed by atoms with Crippen LogP contribution in [0.5, 0.6) is 17.2 Å². The van der Waals surface area contributed by atoms with E-state index in [2.05, 4.69) is 16.7 Å². The van der Waals surface area contributed by atoms with Gasteiger partial charge in [0.1, 0.15) is 12.4 Å². The van der Waals surface area contributed by atoms with E-state index in [0.717, 1.165) is 16.9 Å². The zero-order chi connectivity index (χ0) is 18.2. The number of anilines is 1. The molecule has 0 aliphatic heterocycles. The van der Waals surface area contributed by atoms with Gasteiger partial charge in [-0.3, -0.25) is 0 Å². The number of methoxy groups -OCH3 is 2. The molecular formula is C19H24N2O4. The SMILES string of the molecule is COc1cccc(NC(=O)NCCOc2cc(C)cc(C)c2)c1OC. The largest absolute Gasteiger partial charge is 0.493 e. The van der Waals surface area contributed by atoms with E-state index in [9.17, 15) is 4.79 Å². The molecule has 0 atom stereocenters. The highest BCUT2D eigenvalue weighted by molar-refractivity contribution is 5.91. The molecule has 0 aliphatic rings. The monoisotopic (exact) mass is 344 g/mol. The molecule has 6 heteroatoms. The number of para-hydroxylation sites is 1. The summed E-state index contributed by atoms with van der Waals surface area (Å²) in [5, 5.41) is 5.49. The van der Waals surface area contributed by atoms with E-state index in [1.54, 1.807) is 25.3 Å². The van der Waals surface area contributed by atoms with E-state index in [0.29, 0.717) is 30.3 Å². The van der Waals surface area contributed by atoms with Crippen molar-refractivity contribution in [1.29, 1.82) is 0 Å². The zero-order valence-electron chi connectivity index (χ0n) is 15.0. The number of nitrogens with one attached hydrogen (secondary N) is 2. The van der Waals surface area contributed by atoms with Crippen LogP contribution in [0.25, 0.3) is 0 Å². The molecule has 0 aromatic heterocycles. The first-order chi connectivity index (χ1) is 12.0. The molecule has 0 saturated carbocycles. The Morgan fingerprint density at radius 3 is 2.40 bits per heavy atom. The topological polar surface area (TPSA) is 68.8 Å². The van der Waals surface area contributed by atoms with Crippen molar-refractivity contribution < 1.29 is 19.0 Å². The summed E-state index contributed by atoms with van der Waals surface area (Å²) in [5.74, 6) is 1.83. The third-order valence-corrected chi connectivity index (χ3v) is 3.50. The van der Waals surface area contributed by atoms with E-state index < -0.39 is 0 Å². The van der Waals surface area contributed by atoms with E-state index in [1.165, 1.54) is 7.11 Å². The fraction of sp³-hybridized carbons (Fsp3) is 0.316. The Morgan fingerprint density at radius 2 is 1.76 bits per heavy atom. The smallest absolute Gasteiger partial charge is 0.319 e. The summed E-state index contributed by atoms with van der Waals surface area (Å²) in [6.45, 7) is 4.80. The lowest BCUT2D eigenvalue weighted by Gasteiger charge is -2.14. The predicted octanol–water partition coefficient (Wildman–Crippen LogP) is 3.52. The molecular weight excluding hydrogens is 320 g/mol. The zero-order valence-corrected chi connectivity index (χ0v) is 15.0. The molecule has 2 aromatic carbocycles. The van der Waals surface area contributed by atoms with Crippen LogP contribution in [0.3, 0.4) is 0 Å². The highest BCUT2D eigenvalue weighted by Gasteiger charge is 2.11. The van der Waals surface area contributed by atoms with Gasteiger partial charge < -0.3 is 24.8 Å². The Hall–Kier alpha value is -2.89. The predicted molar refractivity (Wildman–Crippen MR) is 98.0 cm³/mol. The minimum absolute atomic E-state index is 0.337. The summed E-state index contributed by atoms with van der Waals surface area (Å²) in [6, 6.07) is 11.0. The second-order valence-corrected chi connectivity index (χ2v) is 5.59. The van der Waals surface area contributed by atoms with Gasteiger partial charge in [0, 0.05) is 0 Å². The number of ether oxygens (including phenoxy) is 3. The van der Waals surface area contributed by atoms with Crippen LogP contribution in [0.2, 0.25) is 0 Å². The summed E-state index contributed by atoms with van der Waals surface area (Å²) in [4.78, 5) is 12.0. The highest BCUT2D eigenvalue weighted by Crippen LogP contribution is 2.34. The van der Waals surface area contributed by atoms with E-state index in [1.807, 2.05) is 26.0 Å². The molecule has 0 aliphatic carbocycles. The first kappa shape index (κ1) is 18.4. The van der Waals surface area contributed by atoms with Gasteiger partial charge >= 0.3 is 6.03 Å². The number of benzene rings is 2. The molecule has 0 radical (unpaired) electrons. The fourth-order valence-corrected chi connectivity index (χ4v) is 2.50. The van der Waals surface area contributed by atoms with Crippen LogP contribution >= 0.6 is 0 Å². The first-order valence-electron chi connectivity index (χ1n) is 8.00. The van der Waals surface area contributed by atoms with Crippen molar-refractivity contribution in [2.45, 2.75) is 13.8 Å². The van der Waals surface area contributed by atoms with Gasteiger partial charge in [-0.05, 0) is 49.2 Å². The van der Waals surface area contributed by atoms with Crippen LogP contribution < -0.4 is 24.8 Å². The Labute approximate surface area is 148 Å². The molecule has 2 rings (SSSR count). The minimum atomic E-state index is -0.337. The first-order valence-corrected chi connectivity index (χ1v) is 8.00. The molecule has 25 heavy (non-hydrogen) atoms. The maximum absolute atomic E-state index is 12.0. The molecule has 0 heterocycles. The molecule has 0 fully saturated rings. The summed E-state index contributed by atoms with van der Waals surface area (Å²) in [5.41, 5.74) is 2.83. The van der Waals surface area contributed by atoms with Gasteiger partial charge in [-0.2, -0.15) is 0 Å². The summed E-state index contributed by atoms with van der Waals surface area (Å²) >= 11 is 0. The number of rotatable bonds is 7. The van der Waals surface area contributed by atoms with Crippen LogP contribution in [-0.2, 0) is 0 Å². The second kappa shape index (κ2) is 8.82. The number of urea groups is 1. The molecule has 2 aromatic rings. The molecule has 0 spiro atoms. The van der Waals surface area contributed by atoms with Crippen molar-refractivity contribution in [3.8, 4) is 17.2 Å². The van der Waals surface area contributed by atoms with Crippen molar-refractivity contribution in [3.63, 3.8) is 0 Å². The van der Waals surface area contributed by atoms with Crippen LogP contribution in [0.15, 0.2) is 36.4 Å². The molecule has 134 valence electrons. The molecule has 0 unspecified atom stereocenters. The van der Waals surface area contributed by atoms with Crippen LogP contribution in [0.4, 0.5) is 10.5 Å². The molecule has 6 nitrogen and oxygen atoms in total. The Kier molecular flexibility index (Phi) is 6.51. The standard InChI is InChI=1S/C19H24N2O4/c1-13-10-14(2)12-15(11-13)25-9-8-20-19(22)21-16-6-5-7-17(23-3)18(16)24-4/h5-7,10-12H,8-9H2,1-4H3,(H2,20,21,22). The summed E-state index contributed by atoms with van der Waals surface area (Å²) in [7, 11) is 3.07. The maximum Gasteiger partial charge on any atom is 0.319 e. The lowest BCUT2D eigenvalue weighted by atomic mass is 10.1. The summed E-state index contributed by atoms with van der Waals surface area (Å²) in [6.07, 6.45) is 0. The highest BCUT2D eigenvalue weighted by atomic mass is 16.5. The molecule has 2 N–H and O–H groups in total. The normalized spacial score (nSPS) is 10.1. The van der Waals surface area contributed by atoms with Crippen molar-refractivity contribution >= 4 is 11.7 Å². The average molecular weight is 344 g/mol. The quantitative estimate of drug-likeness (QED) is 0.754. The molecule has 2 amide bonds. The van der Waals surface area contributed by atoms with Crippen LogP contribution in [0, 0.1) is 13.8 Å². The Balaban J connectivity index is 1.83. The second-order valence-electron chi connectivity index (χ2n) is 5.59. The van der Waals surface area contributed by atoms with Crippen molar-refractivity contribution in [1.82, 2.24) is 5.32 Å². The maximum atomic E-state index is 12.0. The van der Waals surface area contributed by atoms with Crippen molar-refractivity contribution in [2.24, 2.45) is 0 Å². The average Bonchev–Trinajstić information content (AvgIpc) is 2.57. The van der Waals surface area contributed by atoms with Gasteiger partial charge in [-0.25, -0.2) is 4.79 Å². The number of amides is 2. The Bertz CT molecular complexity index is 711. The van der Waals surface area contributed by atoms with Crippen LogP contribution in [0.1, 0.15) is 11.1 Å². The summed E-state index contributed by atoms with van der Waals surface area (Å²) < 4.78 is 16.2. The van der Waals surface area contributed by atoms with Crippen molar-refractivity contribution in [3.05, 3.63) is 47.5 Å². The molecule has 0 saturated heterocycles. The number of aryl methyl sites for hydroxylation is 2. The third-order valence-electron chi connectivity index (χ3n) is 3.50. The third kappa shape index (κ3) is 5.31. The number of hydrogen-bond acceptors (Lipinski definition) is 4. The molecule has 0 bridgehead atoms. The van der Waals surface area contributed by atoms with Gasteiger partial charge in [0.15, 0.2) is 11.5 Å². The number of hydrogen-bond donors (Lipinski definition) is 2. The van der Waals surface area contributed by atoms with Crippen molar-refractivity contribution in [2.75, 3.05) is 32.7 Å². The van der Waals surface area contributed by atoms with Gasteiger partial charge in [-0.1, -0.05) is 12.1 Å². The lowest BCUT2D eigenvalue weighted by molar-refractivity contribution is 0.247. The van der Waals surface area contributed by atoms with Gasteiger partial charge in [0.05, 0.1) is 26.5 Å². The van der Waals surface area contributed by atoms with Gasteiger partial charge in [0.2, 0.25) is 0 Å². The Morgan fingerprint density at radius 1 is 1.04 bits per heavy atom. The number of carbonyl (C=O) groups is 1. The van der Waals surface area contributed by atoms with E-state index in [-0.39, 0.29) is 6.03 Å². The van der Waals surface area contributed by atoms with E-state index >= 15 is 0 Å². The van der Waals surface area contributed by atoms with Crippen LogP contribution in [-0.4, -0.2) is 33.4 Å². The number of carbonyl (C=O) groups excluding carboxylic acids is 1. The van der Waals surface area contributed by atoms with E-state index in [4.69, 9.17) is 14.2 Å². The lowest BCUT2D eigenvalue weighted by Crippen LogP contribution is -2.32. The van der Waals surface area contributed by atoms with Gasteiger partial charge in [0.25, 0.3) is 0 Å².